The van der Waals surface area contributed by atoms with Crippen LogP contribution in [-0.2, 0) is 21.7 Å². The van der Waals surface area contributed by atoms with Crippen molar-refractivity contribution in [2.45, 2.75) is 0 Å². The van der Waals surface area contributed by atoms with E-state index >= 15 is 0 Å². The van der Waals surface area contributed by atoms with Gasteiger partial charge in [-0.25, -0.2) is 8.78 Å². The molecule has 0 amide bonds. The van der Waals surface area contributed by atoms with Crippen molar-refractivity contribution < 1.29 is 39.3 Å². The summed E-state index contributed by atoms with van der Waals surface area (Å²) in [6.07, 6.45) is 0. The molecule has 0 unspecified atom stereocenters. The summed E-state index contributed by atoms with van der Waals surface area (Å²) >= 11 is 0. The molecule has 1 aromatic rings. The Hall–Kier alpha value is -0.586. The summed E-state index contributed by atoms with van der Waals surface area (Å²) in [6.45, 7) is 1.82. The fraction of sp³-hybridized carbons (Fsp3) is 0.455. The Labute approximate surface area is 117 Å². The van der Waals surface area contributed by atoms with Gasteiger partial charge >= 0.3 is 0 Å². The molecule has 0 bridgehead atoms. The Morgan fingerprint density at radius 3 is 1.78 bits per heavy atom. The molecule has 1 fully saturated rings. The summed E-state index contributed by atoms with van der Waals surface area (Å²) in [5.41, 5.74) is -0.633. The molecule has 0 saturated carbocycles. The maximum Gasteiger partial charge on any atom is 0.0689 e. The molecule has 18 heavy (non-hydrogen) atoms. The van der Waals surface area contributed by atoms with E-state index in [0.29, 0.717) is 26.2 Å². The largest absolute Gasteiger partial charge is 0.385 e. The number of hydrogen-bond acceptors (Lipinski definition) is 2. The second kappa shape index (κ2) is 6.04. The number of piperazine rings is 1. The molecule has 1 heterocycles. The van der Waals surface area contributed by atoms with Crippen LogP contribution in [-0.4, -0.2) is 38.1 Å². The van der Waals surface area contributed by atoms with Crippen molar-refractivity contribution in [2.75, 3.05) is 38.1 Å². The standard InChI is InChI=1S/C11H11F4N2.Ti/c1-16-2-4-17(5-3-16)11-9(14)7(12)6-8(13)10(11)15;/h2-5H2,1H3;/q-1;. The zero-order valence-corrected chi connectivity index (χ0v) is 11.3. The molecule has 0 N–H and O–H groups in total. The zero-order valence-electron chi connectivity index (χ0n) is 9.73. The van der Waals surface area contributed by atoms with Gasteiger partial charge in [-0.2, -0.15) is 0 Å². The van der Waals surface area contributed by atoms with Gasteiger partial charge in [0.05, 0.1) is 23.3 Å². The Kier molecular flexibility index (Phi) is 5.19. The zero-order chi connectivity index (χ0) is 12.6. The molecule has 0 spiro atoms. The number of anilines is 1. The van der Waals surface area contributed by atoms with Crippen LogP contribution in [0.25, 0.3) is 0 Å². The molecule has 2 nitrogen and oxygen atoms in total. The Bertz CT molecular complexity index is 407. The third kappa shape index (κ3) is 2.87. The average Bonchev–Trinajstić information content (AvgIpc) is 2.29. The number of rotatable bonds is 1. The quantitative estimate of drug-likeness (QED) is 0.337. The molecule has 1 aliphatic heterocycles. The monoisotopic (exact) mass is 295 g/mol. The van der Waals surface area contributed by atoms with Gasteiger partial charge < -0.3 is 9.80 Å². The van der Waals surface area contributed by atoms with Gasteiger partial charge in [-0.1, -0.05) is 0 Å². The third-order valence-corrected chi connectivity index (χ3v) is 2.84. The minimum absolute atomic E-state index is 0. The molecule has 1 aliphatic rings. The van der Waals surface area contributed by atoms with Gasteiger partial charge in [0.25, 0.3) is 0 Å². The van der Waals surface area contributed by atoms with Crippen molar-refractivity contribution in [1.29, 1.82) is 0 Å². The summed E-state index contributed by atoms with van der Waals surface area (Å²) in [7, 11) is 1.87. The first-order valence-corrected chi connectivity index (χ1v) is 5.19. The molecule has 0 radical (unpaired) electrons. The topological polar surface area (TPSA) is 6.48 Å². The number of hydrogen-bond donors (Lipinski definition) is 0. The van der Waals surface area contributed by atoms with E-state index in [2.05, 4.69) is 0 Å². The maximum atomic E-state index is 13.5. The summed E-state index contributed by atoms with van der Waals surface area (Å²) in [4.78, 5) is 3.28. The van der Waals surface area contributed by atoms with Gasteiger partial charge in [-0.3, -0.25) is 8.78 Å². The number of halogens is 4. The fourth-order valence-corrected chi connectivity index (χ4v) is 1.82. The normalized spacial score (nSPS) is 16.6. The van der Waals surface area contributed by atoms with Crippen molar-refractivity contribution in [1.82, 2.24) is 4.90 Å². The minimum Gasteiger partial charge on any atom is -0.385 e. The van der Waals surface area contributed by atoms with Crippen LogP contribution in [0.2, 0.25) is 0 Å². The van der Waals surface area contributed by atoms with Gasteiger partial charge in [-0.05, 0) is 7.05 Å². The molecule has 1 saturated heterocycles. The third-order valence-electron chi connectivity index (χ3n) is 2.84. The van der Waals surface area contributed by atoms with E-state index in [1.807, 2.05) is 11.9 Å². The predicted molar refractivity (Wildman–Crippen MR) is 54.8 cm³/mol. The Morgan fingerprint density at radius 2 is 1.33 bits per heavy atom. The van der Waals surface area contributed by atoms with Crippen molar-refractivity contribution in [3.8, 4) is 0 Å². The van der Waals surface area contributed by atoms with Gasteiger partial charge in [-0.15, -0.1) is 6.07 Å². The van der Waals surface area contributed by atoms with E-state index in [1.54, 1.807) is 0 Å². The van der Waals surface area contributed by atoms with Crippen molar-refractivity contribution in [3.63, 3.8) is 0 Å². The van der Waals surface area contributed by atoms with E-state index in [0.717, 1.165) is 0 Å². The van der Waals surface area contributed by atoms with Crippen molar-refractivity contribution in [2.24, 2.45) is 0 Å². The first-order valence-electron chi connectivity index (χ1n) is 5.19. The summed E-state index contributed by atoms with van der Waals surface area (Å²) in [6, 6.07) is 1.37. The van der Waals surface area contributed by atoms with Crippen LogP contribution in [0.5, 0.6) is 0 Å². The van der Waals surface area contributed by atoms with Crippen LogP contribution in [0.15, 0.2) is 0 Å². The van der Waals surface area contributed by atoms with Crippen LogP contribution in [0, 0.1) is 29.3 Å². The molecule has 2 rings (SSSR count). The molecular weight excluding hydrogens is 284 g/mol. The maximum absolute atomic E-state index is 13.5. The molecule has 98 valence electrons. The van der Waals surface area contributed by atoms with Crippen LogP contribution in [0.3, 0.4) is 0 Å². The minimum atomic E-state index is -1.49. The molecule has 0 aromatic heterocycles. The van der Waals surface area contributed by atoms with E-state index in [-0.39, 0.29) is 21.7 Å². The second-order valence-corrected chi connectivity index (χ2v) is 4.02. The van der Waals surface area contributed by atoms with Gasteiger partial charge in [0.2, 0.25) is 0 Å². The van der Waals surface area contributed by atoms with Gasteiger partial charge in [0, 0.05) is 53.6 Å². The van der Waals surface area contributed by atoms with Gasteiger partial charge in [0.15, 0.2) is 0 Å². The fourth-order valence-electron chi connectivity index (χ4n) is 1.82. The summed E-state index contributed by atoms with van der Waals surface area (Å²) < 4.78 is 52.9. The number of nitrogens with zero attached hydrogens (tertiary/aromatic N) is 2. The van der Waals surface area contributed by atoms with E-state index in [1.165, 1.54) is 11.0 Å². The van der Waals surface area contributed by atoms with E-state index < -0.39 is 29.0 Å². The Balaban J connectivity index is 0.00000162. The van der Waals surface area contributed by atoms with Gasteiger partial charge in [0.1, 0.15) is 0 Å². The number of benzene rings is 1. The van der Waals surface area contributed by atoms with E-state index in [4.69, 9.17) is 0 Å². The first-order chi connectivity index (χ1) is 8.00. The van der Waals surface area contributed by atoms with Crippen LogP contribution < -0.4 is 4.90 Å². The molecule has 0 atom stereocenters. The van der Waals surface area contributed by atoms with Crippen LogP contribution in [0.4, 0.5) is 23.2 Å². The van der Waals surface area contributed by atoms with E-state index in [9.17, 15) is 17.6 Å². The second-order valence-electron chi connectivity index (χ2n) is 4.02. The summed E-state index contributed by atoms with van der Waals surface area (Å²) in [5.74, 6) is -5.74. The molecule has 0 aliphatic carbocycles. The Morgan fingerprint density at radius 1 is 0.889 bits per heavy atom. The molecule has 7 heteroatoms. The smallest absolute Gasteiger partial charge is 0.0689 e. The average molecular weight is 295 g/mol. The van der Waals surface area contributed by atoms with Crippen molar-refractivity contribution >= 4 is 5.69 Å². The van der Waals surface area contributed by atoms with Crippen LogP contribution >= 0.6 is 0 Å². The van der Waals surface area contributed by atoms with Crippen molar-refractivity contribution in [3.05, 3.63) is 29.3 Å². The van der Waals surface area contributed by atoms with Crippen LogP contribution in [0.1, 0.15) is 0 Å². The predicted octanol–water partition coefficient (Wildman–Crippen LogP) is 1.79. The number of likely N-dealkylation sites (N-methyl/N-ethyl adjacent to an activating group) is 1. The summed E-state index contributed by atoms with van der Waals surface area (Å²) in [5, 5.41) is 0. The molecule has 1 aromatic carbocycles. The first kappa shape index (κ1) is 15.5. The SMILES string of the molecule is CN1CCN(c2c(F)c(F)[c-]c(F)c2F)CC1.[Ti]. The molecular formula is C11H11F4N2Ti-.